The number of nitrogens with one attached hydrogen (secondary N) is 1. The van der Waals surface area contributed by atoms with Gasteiger partial charge in [-0.25, -0.2) is 4.79 Å². The van der Waals surface area contributed by atoms with Crippen molar-refractivity contribution in [2.75, 3.05) is 11.9 Å². The van der Waals surface area contributed by atoms with Crippen LogP contribution < -0.4 is 10.1 Å². The van der Waals surface area contributed by atoms with Gasteiger partial charge in [0.05, 0.1) is 6.61 Å². The maximum atomic E-state index is 11.6. The lowest BCUT2D eigenvalue weighted by atomic mass is 10.2. The predicted octanol–water partition coefficient (Wildman–Crippen LogP) is 4.84. The molecule has 0 saturated heterocycles. The van der Waals surface area contributed by atoms with E-state index in [4.69, 9.17) is 21.1 Å². The third-order valence-corrected chi connectivity index (χ3v) is 4.22. The summed E-state index contributed by atoms with van der Waals surface area (Å²) in [6.45, 7) is 8.08. The third kappa shape index (κ3) is 5.35. The number of benzene rings is 1. The number of aryl methyl sites for hydroxylation is 1. The van der Waals surface area contributed by atoms with Gasteiger partial charge in [0.2, 0.25) is 5.13 Å². The van der Waals surface area contributed by atoms with E-state index in [0.717, 1.165) is 11.3 Å². The van der Waals surface area contributed by atoms with Crippen LogP contribution in [0, 0.1) is 12.8 Å². The number of hydrogen-bond donors (Lipinski definition) is 1. The van der Waals surface area contributed by atoms with Crippen molar-refractivity contribution >= 4 is 34.2 Å². The molecule has 0 unspecified atom stereocenters. The van der Waals surface area contributed by atoms with Crippen LogP contribution in [0.4, 0.5) is 9.93 Å². The van der Waals surface area contributed by atoms with E-state index in [9.17, 15) is 4.79 Å². The Bertz CT molecular complexity index is 706. The van der Waals surface area contributed by atoms with Gasteiger partial charge in [0, 0.05) is 5.02 Å². The Balaban J connectivity index is 1.95. The summed E-state index contributed by atoms with van der Waals surface area (Å²) in [6, 6.07) is 5.42. The van der Waals surface area contributed by atoms with Crippen molar-refractivity contribution in [3.63, 3.8) is 0 Å². The zero-order valence-electron chi connectivity index (χ0n) is 14.0. The van der Waals surface area contributed by atoms with Crippen molar-refractivity contribution in [1.29, 1.82) is 0 Å². The summed E-state index contributed by atoms with van der Waals surface area (Å²) < 4.78 is 10.9. The first-order chi connectivity index (χ1) is 11.3. The molecule has 1 aromatic heterocycles. The highest BCUT2D eigenvalue weighted by Gasteiger charge is 2.16. The average molecular weight is 370 g/mol. The first-order valence-corrected chi connectivity index (χ1v) is 8.74. The summed E-state index contributed by atoms with van der Waals surface area (Å²) in [4.78, 5) is 11.6. The molecule has 0 aliphatic carbocycles. The number of carbonyl (C=O) groups excluding carboxylic acids is 1. The number of amides is 1. The molecule has 6 nitrogen and oxygen atoms in total. The Morgan fingerprint density at radius 1 is 1.33 bits per heavy atom. The van der Waals surface area contributed by atoms with Gasteiger partial charge in [-0.1, -0.05) is 36.8 Å². The molecule has 1 amide bonds. The van der Waals surface area contributed by atoms with Crippen LogP contribution in [-0.2, 0) is 4.74 Å². The Kier molecular flexibility index (Phi) is 6.39. The van der Waals surface area contributed by atoms with E-state index in [0.29, 0.717) is 21.8 Å². The Labute approximate surface area is 150 Å². The molecule has 0 aliphatic rings. The standard InChI is InChI=1S/C16H20ClN3O3S/c1-9(2)8-22-16(21)18-15-20-19-14(24-15)11(4)23-13-6-5-12(17)7-10(13)3/h5-7,9,11H,8H2,1-4H3,(H,18,20,21)/t11-/m0/s1. The molecule has 0 fully saturated rings. The number of aromatic nitrogens is 2. The molecule has 2 aromatic rings. The average Bonchev–Trinajstić information content (AvgIpc) is 2.96. The topological polar surface area (TPSA) is 73.3 Å². The summed E-state index contributed by atoms with van der Waals surface area (Å²) in [5.74, 6) is 1.00. The molecule has 130 valence electrons. The SMILES string of the molecule is Cc1cc(Cl)ccc1O[C@@H](C)c1nnc(NC(=O)OCC(C)C)s1. The van der Waals surface area contributed by atoms with Crippen LogP contribution >= 0.6 is 22.9 Å². The first-order valence-electron chi connectivity index (χ1n) is 7.55. The van der Waals surface area contributed by atoms with Crippen molar-refractivity contribution in [2.45, 2.75) is 33.8 Å². The van der Waals surface area contributed by atoms with E-state index in [1.165, 1.54) is 11.3 Å². The van der Waals surface area contributed by atoms with Crippen LogP contribution in [0.1, 0.15) is 37.4 Å². The molecule has 0 saturated carbocycles. The van der Waals surface area contributed by atoms with Crippen molar-refractivity contribution in [2.24, 2.45) is 5.92 Å². The normalized spacial score (nSPS) is 12.1. The van der Waals surface area contributed by atoms with Crippen LogP contribution in [-0.4, -0.2) is 22.9 Å². The molecule has 24 heavy (non-hydrogen) atoms. The number of ether oxygens (including phenoxy) is 2. The third-order valence-electron chi connectivity index (χ3n) is 2.99. The van der Waals surface area contributed by atoms with Crippen molar-refractivity contribution < 1.29 is 14.3 Å². The van der Waals surface area contributed by atoms with Gasteiger partial charge in [-0.05, 0) is 43.5 Å². The van der Waals surface area contributed by atoms with Crippen LogP contribution in [0.15, 0.2) is 18.2 Å². The van der Waals surface area contributed by atoms with E-state index < -0.39 is 6.09 Å². The summed E-state index contributed by atoms with van der Waals surface area (Å²) in [7, 11) is 0. The van der Waals surface area contributed by atoms with Crippen LogP contribution in [0.5, 0.6) is 5.75 Å². The minimum atomic E-state index is -0.534. The van der Waals surface area contributed by atoms with E-state index in [-0.39, 0.29) is 12.0 Å². The maximum absolute atomic E-state index is 11.6. The molecule has 0 aliphatic heterocycles. The van der Waals surface area contributed by atoms with Crippen molar-refractivity contribution in [3.8, 4) is 5.75 Å². The minimum absolute atomic E-state index is 0.275. The quantitative estimate of drug-likeness (QED) is 0.788. The number of rotatable bonds is 6. The lowest BCUT2D eigenvalue weighted by molar-refractivity contribution is 0.147. The number of halogens is 1. The number of hydrogen-bond acceptors (Lipinski definition) is 6. The lowest BCUT2D eigenvalue weighted by Crippen LogP contribution is -2.16. The fraction of sp³-hybridized carbons (Fsp3) is 0.438. The van der Waals surface area contributed by atoms with Gasteiger partial charge in [0.25, 0.3) is 0 Å². The van der Waals surface area contributed by atoms with Gasteiger partial charge < -0.3 is 9.47 Å². The molecular weight excluding hydrogens is 350 g/mol. The van der Waals surface area contributed by atoms with E-state index in [1.54, 1.807) is 6.07 Å². The molecule has 1 aromatic carbocycles. The highest BCUT2D eigenvalue weighted by molar-refractivity contribution is 7.15. The molecule has 0 spiro atoms. The van der Waals surface area contributed by atoms with E-state index >= 15 is 0 Å². The monoisotopic (exact) mass is 369 g/mol. The zero-order valence-corrected chi connectivity index (χ0v) is 15.6. The van der Waals surface area contributed by atoms with Gasteiger partial charge >= 0.3 is 6.09 Å². The molecule has 8 heteroatoms. The smallest absolute Gasteiger partial charge is 0.413 e. The summed E-state index contributed by atoms with van der Waals surface area (Å²) in [6.07, 6.45) is -0.835. The Morgan fingerprint density at radius 3 is 2.75 bits per heavy atom. The van der Waals surface area contributed by atoms with E-state index in [1.807, 2.05) is 39.8 Å². The summed E-state index contributed by atoms with van der Waals surface area (Å²) in [5, 5.41) is 12.3. The van der Waals surface area contributed by atoms with E-state index in [2.05, 4.69) is 15.5 Å². The fourth-order valence-corrected chi connectivity index (χ4v) is 2.74. The van der Waals surface area contributed by atoms with Gasteiger partial charge in [-0.3, -0.25) is 5.32 Å². The second-order valence-electron chi connectivity index (χ2n) is 5.73. The van der Waals surface area contributed by atoms with Crippen LogP contribution in [0.3, 0.4) is 0 Å². The van der Waals surface area contributed by atoms with Crippen molar-refractivity contribution in [3.05, 3.63) is 33.8 Å². The molecule has 1 heterocycles. The second-order valence-corrected chi connectivity index (χ2v) is 7.18. The number of carbonyl (C=O) groups is 1. The molecule has 1 atom stereocenters. The molecular formula is C16H20ClN3O3S. The molecule has 1 N–H and O–H groups in total. The van der Waals surface area contributed by atoms with Gasteiger partial charge in [-0.2, -0.15) is 0 Å². The summed E-state index contributed by atoms with van der Waals surface area (Å²) >= 11 is 7.19. The Morgan fingerprint density at radius 2 is 2.08 bits per heavy atom. The van der Waals surface area contributed by atoms with Crippen LogP contribution in [0.2, 0.25) is 5.02 Å². The largest absolute Gasteiger partial charge is 0.483 e. The highest BCUT2D eigenvalue weighted by atomic mass is 35.5. The summed E-state index contributed by atoms with van der Waals surface area (Å²) in [5.41, 5.74) is 0.939. The van der Waals surface area contributed by atoms with Crippen molar-refractivity contribution in [1.82, 2.24) is 10.2 Å². The first kappa shape index (κ1) is 18.5. The fourth-order valence-electron chi connectivity index (χ4n) is 1.80. The highest BCUT2D eigenvalue weighted by Crippen LogP contribution is 2.29. The van der Waals surface area contributed by atoms with Crippen LogP contribution in [0.25, 0.3) is 0 Å². The number of anilines is 1. The lowest BCUT2D eigenvalue weighted by Gasteiger charge is -2.13. The molecule has 2 rings (SSSR count). The predicted molar refractivity (Wildman–Crippen MR) is 94.9 cm³/mol. The van der Waals surface area contributed by atoms with Gasteiger partial charge in [0.1, 0.15) is 11.9 Å². The second kappa shape index (κ2) is 8.30. The van der Waals surface area contributed by atoms with Gasteiger partial charge in [0.15, 0.2) is 5.01 Å². The molecule has 0 radical (unpaired) electrons. The maximum Gasteiger partial charge on any atom is 0.413 e. The minimum Gasteiger partial charge on any atom is -0.483 e. The van der Waals surface area contributed by atoms with Gasteiger partial charge in [-0.15, -0.1) is 10.2 Å². The Hall–Kier alpha value is -1.86. The zero-order chi connectivity index (χ0) is 17.7. The number of nitrogens with zero attached hydrogens (tertiary/aromatic N) is 2. The molecule has 0 bridgehead atoms.